The lowest BCUT2D eigenvalue weighted by Crippen LogP contribution is -2.00. The van der Waals surface area contributed by atoms with Gasteiger partial charge in [-0.05, 0) is 67.8 Å². The number of allylic oxidation sites excluding steroid dienone is 1. The summed E-state index contributed by atoms with van der Waals surface area (Å²) in [6, 6.07) is 13.6. The second-order valence-corrected chi connectivity index (χ2v) is 7.00. The van der Waals surface area contributed by atoms with Crippen LogP contribution in [0.5, 0.6) is 11.5 Å². The van der Waals surface area contributed by atoms with Crippen LogP contribution in [0.25, 0.3) is 6.08 Å². The Balaban J connectivity index is 1.58. The molecule has 0 atom stereocenters. The lowest BCUT2D eigenvalue weighted by atomic mass is 10.1. The minimum Gasteiger partial charge on any atom is -0.488 e. The van der Waals surface area contributed by atoms with E-state index >= 15 is 0 Å². The highest BCUT2D eigenvalue weighted by Crippen LogP contribution is 2.39. The molecule has 0 spiro atoms. The first-order valence-corrected chi connectivity index (χ1v) is 9.20. The Morgan fingerprint density at radius 1 is 1.04 bits per heavy atom. The summed E-state index contributed by atoms with van der Waals surface area (Å²) >= 11 is 0. The Morgan fingerprint density at radius 2 is 1.82 bits per heavy atom. The Kier molecular flexibility index (Phi) is 4.70. The molecule has 3 aromatic rings. The maximum Gasteiger partial charge on any atom is 0.231 e. The van der Waals surface area contributed by atoms with Gasteiger partial charge in [-0.2, -0.15) is 0 Å². The van der Waals surface area contributed by atoms with E-state index in [1.807, 2.05) is 25.1 Å². The van der Waals surface area contributed by atoms with Crippen LogP contribution in [0, 0.1) is 20.8 Å². The molecule has 0 saturated carbocycles. The first kappa shape index (κ1) is 18.0. The molecule has 0 unspecified atom stereocenters. The van der Waals surface area contributed by atoms with Crippen molar-refractivity contribution in [3.8, 4) is 11.5 Å². The molecule has 0 aliphatic carbocycles. The lowest BCUT2D eigenvalue weighted by Gasteiger charge is -2.13. The minimum absolute atomic E-state index is 0.115. The molecule has 4 heteroatoms. The van der Waals surface area contributed by atoms with Crippen molar-refractivity contribution in [2.24, 2.45) is 0 Å². The number of carbonyl (C=O) groups is 1. The van der Waals surface area contributed by atoms with Gasteiger partial charge in [0.05, 0.1) is 5.56 Å². The summed E-state index contributed by atoms with van der Waals surface area (Å²) in [5.41, 5.74) is 5.81. The predicted molar refractivity (Wildman–Crippen MR) is 109 cm³/mol. The summed E-state index contributed by atoms with van der Waals surface area (Å²) in [5, 5.41) is 0. The van der Waals surface area contributed by atoms with Gasteiger partial charge in [-0.1, -0.05) is 23.8 Å². The number of benzene rings is 2. The number of ether oxygens (including phenoxy) is 2. The Labute approximate surface area is 164 Å². The fourth-order valence-corrected chi connectivity index (χ4v) is 3.25. The number of fused-ring (bicyclic) bond motifs is 1. The van der Waals surface area contributed by atoms with Crippen LogP contribution in [-0.2, 0) is 6.61 Å². The molecule has 0 N–H and O–H groups in total. The second-order valence-electron chi connectivity index (χ2n) is 7.00. The molecule has 0 saturated heterocycles. The minimum atomic E-state index is -0.115. The van der Waals surface area contributed by atoms with Crippen molar-refractivity contribution in [1.29, 1.82) is 0 Å². The number of pyridine rings is 1. The molecule has 1 aliphatic heterocycles. The van der Waals surface area contributed by atoms with Gasteiger partial charge in [0, 0.05) is 18.0 Å². The molecular weight excluding hydrogens is 350 g/mol. The van der Waals surface area contributed by atoms with Gasteiger partial charge in [0.2, 0.25) is 5.78 Å². The van der Waals surface area contributed by atoms with Gasteiger partial charge in [-0.25, -0.2) is 0 Å². The number of carbonyl (C=O) groups excluding carboxylic acids is 1. The number of Topliss-reactive ketones (excluding diaryl/α,β-unsaturated/α-hetero) is 1. The maximum atomic E-state index is 12.7. The number of ketones is 1. The zero-order chi connectivity index (χ0) is 19.7. The van der Waals surface area contributed by atoms with Crippen LogP contribution in [0.15, 0.2) is 60.6 Å². The van der Waals surface area contributed by atoms with Crippen LogP contribution in [0.3, 0.4) is 0 Å². The third-order valence-corrected chi connectivity index (χ3v) is 4.93. The molecule has 4 nitrogen and oxygen atoms in total. The number of rotatable bonds is 4. The first-order valence-electron chi connectivity index (χ1n) is 9.20. The van der Waals surface area contributed by atoms with Crippen molar-refractivity contribution in [2.45, 2.75) is 27.4 Å². The number of hydrogen-bond acceptors (Lipinski definition) is 4. The van der Waals surface area contributed by atoms with E-state index in [2.05, 4.69) is 37.0 Å². The predicted octanol–water partition coefficient (Wildman–Crippen LogP) is 5.20. The molecule has 0 radical (unpaired) electrons. The van der Waals surface area contributed by atoms with Crippen LogP contribution in [0.2, 0.25) is 0 Å². The van der Waals surface area contributed by atoms with Crippen LogP contribution < -0.4 is 9.47 Å². The average molecular weight is 371 g/mol. The highest BCUT2D eigenvalue weighted by Gasteiger charge is 2.30. The van der Waals surface area contributed by atoms with E-state index in [1.54, 1.807) is 24.5 Å². The van der Waals surface area contributed by atoms with Crippen LogP contribution in [-0.4, -0.2) is 10.8 Å². The van der Waals surface area contributed by atoms with Gasteiger partial charge in [-0.15, -0.1) is 0 Å². The largest absolute Gasteiger partial charge is 0.488 e. The molecule has 4 rings (SSSR count). The van der Waals surface area contributed by atoms with Crippen LogP contribution in [0.4, 0.5) is 0 Å². The van der Waals surface area contributed by atoms with Crippen molar-refractivity contribution in [2.75, 3.05) is 0 Å². The lowest BCUT2D eigenvalue weighted by molar-refractivity contribution is 0.101. The molecule has 2 aromatic carbocycles. The summed E-state index contributed by atoms with van der Waals surface area (Å²) < 4.78 is 12.0. The third kappa shape index (κ3) is 3.41. The fraction of sp³-hybridized carbons (Fsp3) is 0.167. The standard InChI is InChI=1S/C24H21NO3/c1-15-4-5-16(2)19(12-15)14-27-21-7-6-20-23(26)22(28-24(20)17(21)3)13-18-8-10-25-11-9-18/h4-13H,14H2,1-3H3/b22-13-. The molecule has 1 aliphatic rings. The first-order chi connectivity index (χ1) is 13.5. The molecular formula is C24H21NO3. The monoisotopic (exact) mass is 371 g/mol. The summed E-state index contributed by atoms with van der Waals surface area (Å²) in [7, 11) is 0. The zero-order valence-corrected chi connectivity index (χ0v) is 16.2. The summed E-state index contributed by atoms with van der Waals surface area (Å²) in [5.74, 6) is 1.49. The van der Waals surface area contributed by atoms with Gasteiger partial charge in [0.15, 0.2) is 5.76 Å². The van der Waals surface area contributed by atoms with Gasteiger partial charge in [0.25, 0.3) is 0 Å². The zero-order valence-electron chi connectivity index (χ0n) is 16.2. The van der Waals surface area contributed by atoms with E-state index in [1.165, 1.54) is 11.1 Å². The van der Waals surface area contributed by atoms with Crippen molar-refractivity contribution in [3.63, 3.8) is 0 Å². The smallest absolute Gasteiger partial charge is 0.231 e. The van der Waals surface area contributed by atoms with Gasteiger partial charge < -0.3 is 9.47 Å². The Morgan fingerprint density at radius 3 is 2.61 bits per heavy atom. The maximum absolute atomic E-state index is 12.7. The Bertz CT molecular complexity index is 1080. The van der Waals surface area contributed by atoms with Crippen molar-refractivity contribution in [3.05, 3.63) is 94.0 Å². The molecule has 2 heterocycles. The van der Waals surface area contributed by atoms with Gasteiger partial charge in [-0.3, -0.25) is 9.78 Å². The average Bonchev–Trinajstić information content (AvgIpc) is 3.01. The normalized spacial score (nSPS) is 14.1. The number of hydrogen-bond donors (Lipinski definition) is 0. The third-order valence-electron chi connectivity index (χ3n) is 4.93. The number of nitrogens with zero attached hydrogens (tertiary/aromatic N) is 1. The number of aromatic nitrogens is 1. The van der Waals surface area contributed by atoms with Gasteiger partial charge >= 0.3 is 0 Å². The molecule has 0 bridgehead atoms. The van der Waals surface area contributed by atoms with Crippen LogP contribution >= 0.6 is 0 Å². The van der Waals surface area contributed by atoms with E-state index in [4.69, 9.17) is 9.47 Å². The molecule has 28 heavy (non-hydrogen) atoms. The van der Waals surface area contributed by atoms with Crippen molar-refractivity contribution in [1.82, 2.24) is 4.98 Å². The molecule has 0 amide bonds. The van der Waals surface area contributed by atoms with Crippen molar-refractivity contribution < 1.29 is 14.3 Å². The van der Waals surface area contributed by atoms with E-state index in [0.717, 1.165) is 22.4 Å². The molecule has 140 valence electrons. The molecule has 0 fully saturated rings. The van der Waals surface area contributed by atoms with Gasteiger partial charge in [0.1, 0.15) is 18.1 Å². The van der Waals surface area contributed by atoms with Crippen molar-refractivity contribution >= 4 is 11.9 Å². The quantitative estimate of drug-likeness (QED) is 0.591. The Hall–Kier alpha value is -3.40. The highest BCUT2D eigenvalue weighted by molar-refractivity contribution is 6.14. The number of aryl methyl sites for hydroxylation is 2. The van der Waals surface area contributed by atoms with E-state index in [9.17, 15) is 4.79 Å². The van der Waals surface area contributed by atoms with Crippen LogP contribution in [0.1, 0.15) is 38.2 Å². The topological polar surface area (TPSA) is 48.4 Å². The van der Waals surface area contributed by atoms with E-state index < -0.39 is 0 Å². The highest BCUT2D eigenvalue weighted by atomic mass is 16.5. The van der Waals surface area contributed by atoms with E-state index in [0.29, 0.717) is 23.7 Å². The molecule has 1 aromatic heterocycles. The fourth-order valence-electron chi connectivity index (χ4n) is 3.25. The summed E-state index contributed by atoms with van der Waals surface area (Å²) in [6.45, 7) is 6.53. The SMILES string of the molecule is Cc1ccc(C)c(COc2ccc3c(c2C)O/C(=C\c2ccncc2)C3=O)c1. The summed E-state index contributed by atoms with van der Waals surface area (Å²) in [6.07, 6.45) is 5.10. The summed E-state index contributed by atoms with van der Waals surface area (Å²) in [4.78, 5) is 16.7. The second kappa shape index (κ2) is 7.31. The van der Waals surface area contributed by atoms with E-state index in [-0.39, 0.29) is 5.78 Å².